The van der Waals surface area contributed by atoms with Crippen LogP contribution in [0.2, 0.25) is 10.0 Å². The van der Waals surface area contributed by atoms with Gasteiger partial charge in [-0.05, 0) is 58.8 Å². The molecule has 1 amide bonds. The number of aromatic hydroxyl groups is 1. The van der Waals surface area contributed by atoms with Crippen molar-refractivity contribution in [3.8, 4) is 5.75 Å². The molecule has 0 saturated heterocycles. The third kappa shape index (κ3) is 6.49. The molecule has 0 fully saturated rings. The van der Waals surface area contributed by atoms with Gasteiger partial charge in [0.1, 0.15) is 5.75 Å². The van der Waals surface area contributed by atoms with Crippen molar-refractivity contribution in [3.05, 3.63) is 105 Å². The number of carbonyl (C=O) groups excluding carboxylic acids is 1. The van der Waals surface area contributed by atoms with Gasteiger partial charge in [-0.3, -0.25) is 4.79 Å². The summed E-state index contributed by atoms with van der Waals surface area (Å²) in [5.41, 5.74) is 3.32. The fourth-order valence-corrected chi connectivity index (χ4v) is 5.58. The zero-order valence-corrected chi connectivity index (χ0v) is 23.0. The third-order valence-corrected chi connectivity index (χ3v) is 8.52. The number of nitrogens with one attached hydrogen (secondary N) is 1. The van der Waals surface area contributed by atoms with E-state index in [1.807, 2.05) is 24.3 Å². The summed E-state index contributed by atoms with van der Waals surface area (Å²) in [6, 6.07) is 21.6. The second-order valence-corrected chi connectivity index (χ2v) is 11.7. The Bertz CT molecular complexity index is 1600. The lowest BCUT2D eigenvalue weighted by Crippen LogP contribution is -2.39. The summed E-state index contributed by atoms with van der Waals surface area (Å²) in [5, 5.41) is 16.5. The molecule has 0 heterocycles. The maximum Gasteiger partial charge on any atom is 0.255 e. The number of benzene rings is 4. The van der Waals surface area contributed by atoms with Crippen LogP contribution < -0.4 is 5.43 Å². The van der Waals surface area contributed by atoms with Crippen LogP contribution in [0.3, 0.4) is 0 Å². The highest BCUT2D eigenvalue weighted by molar-refractivity contribution is 9.10. The van der Waals surface area contributed by atoms with Gasteiger partial charge in [-0.25, -0.2) is 13.8 Å². The van der Waals surface area contributed by atoms with E-state index in [-0.39, 0.29) is 22.2 Å². The van der Waals surface area contributed by atoms with Crippen molar-refractivity contribution in [2.24, 2.45) is 5.10 Å². The summed E-state index contributed by atoms with van der Waals surface area (Å²) in [6.07, 6.45) is 1.32. The molecule has 11 heteroatoms. The molecule has 2 N–H and O–H groups in total. The number of amides is 1. The molecule has 190 valence electrons. The van der Waals surface area contributed by atoms with Crippen LogP contribution in [0.25, 0.3) is 10.8 Å². The predicted molar refractivity (Wildman–Crippen MR) is 150 cm³/mol. The first kappa shape index (κ1) is 27.1. The fourth-order valence-electron chi connectivity index (χ4n) is 3.61. The average molecular weight is 621 g/mol. The van der Waals surface area contributed by atoms with Crippen molar-refractivity contribution in [1.82, 2.24) is 9.73 Å². The van der Waals surface area contributed by atoms with Crippen molar-refractivity contribution in [1.29, 1.82) is 0 Å². The molecule has 0 bridgehead atoms. The Balaban J connectivity index is 1.57. The van der Waals surface area contributed by atoms with Crippen molar-refractivity contribution in [2.45, 2.75) is 11.4 Å². The Kier molecular flexibility index (Phi) is 8.51. The summed E-state index contributed by atoms with van der Waals surface area (Å²) in [7, 11) is -4.06. The molecular formula is C26H20BrCl2N3O4S. The maximum absolute atomic E-state index is 13.4. The summed E-state index contributed by atoms with van der Waals surface area (Å²) < 4.78 is 28.6. The number of rotatable bonds is 8. The number of hydrazone groups is 1. The molecule has 0 aliphatic heterocycles. The van der Waals surface area contributed by atoms with Gasteiger partial charge in [-0.2, -0.15) is 9.41 Å². The number of nitrogens with zero attached hydrogens (tertiary/aromatic N) is 2. The van der Waals surface area contributed by atoms with Crippen LogP contribution in [-0.4, -0.2) is 36.5 Å². The van der Waals surface area contributed by atoms with Crippen LogP contribution in [0.4, 0.5) is 0 Å². The molecule has 0 aliphatic carbocycles. The second-order valence-electron chi connectivity index (χ2n) is 7.99. The van der Waals surface area contributed by atoms with Crippen molar-refractivity contribution in [3.63, 3.8) is 0 Å². The van der Waals surface area contributed by atoms with E-state index in [2.05, 4.69) is 26.5 Å². The highest BCUT2D eigenvalue weighted by atomic mass is 79.9. The highest BCUT2D eigenvalue weighted by Gasteiger charge is 2.27. The lowest BCUT2D eigenvalue weighted by Gasteiger charge is -2.22. The molecule has 4 aromatic carbocycles. The highest BCUT2D eigenvalue weighted by Crippen LogP contribution is 2.27. The van der Waals surface area contributed by atoms with Gasteiger partial charge >= 0.3 is 0 Å². The molecule has 37 heavy (non-hydrogen) atoms. The van der Waals surface area contributed by atoms with Crippen LogP contribution >= 0.6 is 39.1 Å². The Labute approximate surface area is 232 Å². The van der Waals surface area contributed by atoms with Crippen LogP contribution in [0, 0.1) is 0 Å². The van der Waals surface area contributed by atoms with Gasteiger partial charge in [0.25, 0.3) is 5.91 Å². The summed E-state index contributed by atoms with van der Waals surface area (Å²) in [5.74, 6) is -0.674. The van der Waals surface area contributed by atoms with Gasteiger partial charge in [0.05, 0.1) is 27.7 Å². The Morgan fingerprint density at radius 2 is 1.73 bits per heavy atom. The number of fused-ring (bicyclic) bond motifs is 1. The van der Waals surface area contributed by atoms with Gasteiger partial charge in [-0.1, -0.05) is 75.5 Å². The van der Waals surface area contributed by atoms with Gasteiger partial charge in [0.15, 0.2) is 0 Å². The quantitative estimate of drug-likeness (QED) is 0.188. The SMILES string of the molecule is O=C(CN(Cc1ccc(Cl)c(Cl)c1)S(=O)(=O)c1ccc(Br)cc1)N/N=C/c1c(O)ccc2ccccc12. The Morgan fingerprint density at radius 1 is 1.00 bits per heavy atom. The lowest BCUT2D eigenvalue weighted by atomic mass is 10.0. The first-order valence-corrected chi connectivity index (χ1v) is 13.9. The van der Waals surface area contributed by atoms with E-state index in [1.54, 1.807) is 36.4 Å². The summed E-state index contributed by atoms with van der Waals surface area (Å²) in [6.45, 7) is -0.645. The fraction of sp³-hybridized carbons (Fsp3) is 0.0769. The first-order chi connectivity index (χ1) is 17.6. The van der Waals surface area contributed by atoms with Crippen LogP contribution in [0.1, 0.15) is 11.1 Å². The molecule has 7 nitrogen and oxygen atoms in total. The molecule has 0 aliphatic rings. The Morgan fingerprint density at radius 3 is 2.46 bits per heavy atom. The number of phenolic OH excluding ortho intramolecular Hbond substituents is 1. The second kappa shape index (κ2) is 11.6. The molecule has 4 rings (SSSR count). The van der Waals surface area contributed by atoms with E-state index >= 15 is 0 Å². The van der Waals surface area contributed by atoms with Crippen LogP contribution in [0.5, 0.6) is 5.75 Å². The monoisotopic (exact) mass is 619 g/mol. The third-order valence-electron chi connectivity index (χ3n) is 5.44. The van der Waals surface area contributed by atoms with Gasteiger partial charge in [0.2, 0.25) is 10.0 Å². The molecule has 4 aromatic rings. The van der Waals surface area contributed by atoms with E-state index in [1.165, 1.54) is 24.4 Å². The number of hydrogen-bond donors (Lipinski definition) is 2. The van der Waals surface area contributed by atoms with Crippen molar-refractivity contribution in [2.75, 3.05) is 6.54 Å². The smallest absolute Gasteiger partial charge is 0.255 e. The molecule has 0 saturated carbocycles. The van der Waals surface area contributed by atoms with Gasteiger partial charge in [0, 0.05) is 16.6 Å². The summed E-state index contributed by atoms with van der Waals surface area (Å²) >= 11 is 15.4. The molecule has 0 atom stereocenters. The largest absolute Gasteiger partial charge is 0.507 e. The molecular weight excluding hydrogens is 601 g/mol. The van der Waals surface area contributed by atoms with Gasteiger partial charge < -0.3 is 5.11 Å². The number of sulfonamides is 1. The average Bonchev–Trinajstić information content (AvgIpc) is 2.87. The number of phenols is 1. The first-order valence-electron chi connectivity index (χ1n) is 10.9. The molecule has 0 spiro atoms. The molecule has 0 unspecified atom stereocenters. The zero-order valence-electron chi connectivity index (χ0n) is 19.1. The van der Waals surface area contributed by atoms with Crippen LogP contribution in [-0.2, 0) is 21.4 Å². The molecule has 0 aromatic heterocycles. The minimum atomic E-state index is -4.06. The van der Waals surface area contributed by atoms with Gasteiger partial charge in [-0.15, -0.1) is 0 Å². The minimum absolute atomic E-state index is 0.00393. The maximum atomic E-state index is 13.4. The van der Waals surface area contributed by atoms with E-state index in [0.29, 0.717) is 20.6 Å². The van der Waals surface area contributed by atoms with Crippen molar-refractivity contribution >= 4 is 72.0 Å². The van der Waals surface area contributed by atoms with E-state index in [0.717, 1.165) is 15.1 Å². The minimum Gasteiger partial charge on any atom is -0.507 e. The predicted octanol–water partition coefficient (Wildman–Crippen LogP) is 5.96. The lowest BCUT2D eigenvalue weighted by molar-refractivity contribution is -0.121. The molecule has 0 radical (unpaired) electrons. The topological polar surface area (TPSA) is 99.1 Å². The normalized spacial score (nSPS) is 11.9. The Hall–Kier alpha value is -2.95. The van der Waals surface area contributed by atoms with E-state index in [4.69, 9.17) is 23.2 Å². The van der Waals surface area contributed by atoms with E-state index < -0.39 is 22.5 Å². The number of carbonyl (C=O) groups is 1. The number of halogens is 3. The van der Waals surface area contributed by atoms with Crippen LogP contribution in [0.15, 0.2) is 93.3 Å². The van der Waals surface area contributed by atoms with Crippen molar-refractivity contribution < 1.29 is 18.3 Å². The van der Waals surface area contributed by atoms with E-state index in [9.17, 15) is 18.3 Å². The standard InChI is InChI=1S/C26H20BrCl2N3O4S/c27-19-7-9-20(10-8-19)37(35,36)32(15-17-5-11-23(28)24(29)13-17)16-26(34)31-30-14-22-21-4-2-1-3-18(21)6-12-25(22)33/h1-14,33H,15-16H2,(H,31,34)/b30-14+. The number of hydrogen-bond acceptors (Lipinski definition) is 5. The zero-order chi connectivity index (χ0) is 26.6. The summed E-state index contributed by atoms with van der Waals surface area (Å²) in [4.78, 5) is 12.8.